The number of amides is 1. The second kappa shape index (κ2) is 20.4. The van der Waals surface area contributed by atoms with E-state index in [2.05, 4.69) is 70.8 Å². The summed E-state index contributed by atoms with van der Waals surface area (Å²) in [6.07, 6.45) is 1.79. The largest absolute Gasteiger partial charge is 0.497 e. The summed E-state index contributed by atoms with van der Waals surface area (Å²) in [6.45, 7) is 8.72. The molecule has 0 radical (unpaired) electrons. The van der Waals surface area contributed by atoms with Crippen molar-refractivity contribution < 1.29 is 32.8 Å². The van der Waals surface area contributed by atoms with E-state index in [4.69, 9.17) is 28.0 Å². The highest BCUT2D eigenvalue weighted by Crippen LogP contribution is 2.49. The highest BCUT2D eigenvalue weighted by atomic mass is 31.2. The second-order valence-electron chi connectivity index (χ2n) is 15.2. The predicted octanol–water partition coefficient (Wildman–Crippen LogP) is 9.05. The summed E-state index contributed by atoms with van der Waals surface area (Å²) in [6, 6.07) is 37.2. The Bertz CT molecular complexity index is 2360. The van der Waals surface area contributed by atoms with Crippen LogP contribution in [0.15, 0.2) is 122 Å². The number of nitriles is 1. The summed E-state index contributed by atoms with van der Waals surface area (Å²) in [7, 11) is 1.68. The van der Waals surface area contributed by atoms with Crippen LogP contribution in [0.3, 0.4) is 0 Å². The molecule has 62 heavy (non-hydrogen) atoms. The number of anilines is 1. The predicted molar refractivity (Wildman–Crippen MR) is 237 cm³/mol. The Morgan fingerprint density at radius 1 is 0.855 bits per heavy atom. The summed E-state index contributed by atoms with van der Waals surface area (Å²) in [5, 5.41) is 12.3. The molecule has 4 atom stereocenters. The van der Waals surface area contributed by atoms with Crippen LogP contribution in [0.4, 0.5) is 5.82 Å². The van der Waals surface area contributed by atoms with Gasteiger partial charge in [0.25, 0.3) is 14.4 Å². The third kappa shape index (κ3) is 9.64. The van der Waals surface area contributed by atoms with Gasteiger partial charge in [-0.3, -0.25) is 9.36 Å². The molecule has 1 N–H and O–H groups in total. The number of hydrogen-bond donors (Lipinski definition) is 1. The van der Waals surface area contributed by atoms with Gasteiger partial charge in [-0.05, 0) is 80.8 Å². The maximum atomic E-state index is 13.2. The van der Waals surface area contributed by atoms with Gasteiger partial charge in [0.2, 0.25) is 0 Å². The summed E-state index contributed by atoms with van der Waals surface area (Å²) in [5.74, 6) is 1.37. The highest BCUT2D eigenvalue weighted by molar-refractivity contribution is 7.44. The molecule has 1 saturated heterocycles. The van der Waals surface area contributed by atoms with E-state index in [9.17, 15) is 10.1 Å². The van der Waals surface area contributed by atoms with Crippen LogP contribution < -0.4 is 14.8 Å². The van der Waals surface area contributed by atoms with Gasteiger partial charge in [0.05, 0.1) is 52.4 Å². The summed E-state index contributed by atoms with van der Waals surface area (Å²) >= 11 is 0. The number of nitrogens with one attached hydrogen (secondary N) is 1. The van der Waals surface area contributed by atoms with Crippen molar-refractivity contribution in [2.45, 2.75) is 76.7 Å². The molecule has 2 unspecified atom stereocenters. The number of hydrogen-bond acceptors (Lipinski definition) is 12. The molecule has 3 heterocycles. The Hall–Kier alpha value is -5.78. The molecule has 1 aliphatic heterocycles. The molecule has 6 aromatic rings. The summed E-state index contributed by atoms with van der Waals surface area (Å²) < 4.78 is 42.9. The Kier molecular flexibility index (Phi) is 14.6. The summed E-state index contributed by atoms with van der Waals surface area (Å²) in [5.41, 5.74) is 2.83. The van der Waals surface area contributed by atoms with E-state index >= 15 is 0 Å². The molecule has 7 rings (SSSR count). The van der Waals surface area contributed by atoms with E-state index in [0.717, 1.165) is 16.7 Å². The monoisotopic (exact) mass is 857 g/mol. The van der Waals surface area contributed by atoms with Gasteiger partial charge in [-0.15, -0.1) is 0 Å². The van der Waals surface area contributed by atoms with E-state index in [0.29, 0.717) is 34.6 Å². The number of rotatable bonds is 19. The standard InChI is InChI=1S/C47H52N7O7P/c1-32(2)54(33(3)4)62(58-27-13-26-48)59-29-41-40(28-42(60-41)53-31-51-43-44(49-30-50-45(43)53)52-46(55)34-14-9-7-10-15-34)61-47(35-16-11-8-12-17-35,36-18-22-38(56-5)23-19-36)37-20-24-39(57-6)25-21-37/h7-12,14-25,30-33,40-42H,13,27-29H2,1-6H3,(H,49,50,52,55)/t40?,41-,42-,62?/m1/s1. The maximum Gasteiger partial charge on any atom is 0.259 e. The molecule has 0 bridgehead atoms. The first-order valence-electron chi connectivity index (χ1n) is 20.6. The lowest BCUT2D eigenvalue weighted by molar-refractivity contribution is -0.0968. The Labute approximate surface area is 363 Å². The van der Waals surface area contributed by atoms with Gasteiger partial charge < -0.3 is 33.3 Å². The lowest BCUT2D eigenvalue weighted by Gasteiger charge is -2.40. The first kappa shape index (κ1) is 44.3. The Morgan fingerprint density at radius 3 is 2.03 bits per heavy atom. The fourth-order valence-electron chi connectivity index (χ4n) is 7.77. The van der Waals surface area contributed by atoms with Gasteiger partial charge in [0.15, 0.2) is 17.0 Å². The lowest BCUT2D eigenvalue weighted by atomic mass is 9.79. The number of ether oxygens (including phenoxy) is 4. The van der Waals surface area contributed by atoms with Crippen molar-refractivity contribution in [2.75, 3.05) is 32.8 Å². The maximum absolute atomic E-state index is 13.2. The minimum atomic E-state index is -1.61. The third-order valence-electron chi connectivity index (χ3n) is 10.6. The van der Waals surface area contributed by atoms with Crippen LogP contribution in [0.25, 0.3) is 11.2 Å². The van der Waals surface area contributed by atoms with E-state index in [1.807, 2.05) is 77.4 Å². The van der Waals surface area contributed by atoms with Crippen LogP contribution in [-0.2, 0) is 24.1 Å². The molecule has 322 valence electrons. The molecule has 0 spiro atoms. The van der Waals surface area contributed by atoms with E-state index in [1.54, 1.807) is 44.8 Å². The quantitative estimate of drug-likeness (QED) is 0.0469. The molecule has 15 heteroatoms. The van der Waals surface area contributed by atoms with Crippen molar-refractivity contribution in [3.8, 4) is 17.6 Å². The molecular weight excluding hydrogens is 806 g/mol. The molecular formula is C47H52N7O7P. The van der Waals surface area contributed by atoms with Crippen molar-refractivity contribution in [3.05, 3.63) is 144 Å². The molecule has 0 aliphatic carbocycles. The van der Waals surface area contributed by atoms with Gasteiger partial charge >= 0.3 is 0 Å². The minimum absolute atomic E-state index is 0.0944. The molecule has 1 aliphatic rings. The van der Waals surface area contributed by atoms with Crippen molar-refractivity contribution in [3.63, 3.8) is 0 Å². The van der Waals surface area contributed by atoms with Gasteiger partial charge in [0, 0.05) is 24.1 Å². The van der Waals surface area contributed by atoms with E-state index < -0.39 is 32.6 Å². The zero-order chi connectivity index (χ0) is 43.6. The van der Waals surface area contributed by atoms with Crippen molar-refractivity contribution >= 4 is 31.4 Å². The van der Waals surface area contributed by atoms with Crippen molar-refractivity contribution in [1.82, 2.24) is 24.2 Å². The number of fused-ring (bicyclic) bond motifs is 1. The first-order valence-corrected chi connectivity index (χ1v) is 21.7. The van der Waals surface area contributed by atoms with Gasteiger partial charge in [-0.1, -0.05) is 72.8 Å². The van der Waals surface area contributed by atoms with Gasteiger partial charge in [0.1, 0.15) is 35.8 Å². The number of nitrogens with zero attached hydrogens (tertiary/aromatic N) is 6. The van der Waals surface area contributed by atoms with Crippen LogP contribution in [-0.4, -0.2) is 81.8 Å². The van der Waals surface area contributed by atoms with Crippen LogP contribution in [0.5, 0.6) is 11.5 Å². The molecule has 0 saturated carbocycles. The van der Waals surface area contributed by atoms with Crippen molar-refractivity contribution in [1.29, 1.82) is 5.26 Å². The van der Waals surface area contributed by atoms with Gasteiger partial charge in [-0.25, -0.2) is 19.6 Å². The normalized spacial score (nSPS) is 17.1. The molecule has 4 aromatic carbocycles. The molecule has 2 aromatic heterocycles. The van der Waals surface area contributed by atoms with Crippen LogP contribution >= 0.6 is 8.53 Å². The average Bonchev–Trinajstić information content (AvgIpc) is 3.92. The van der Waals surface area contributed by atoms with Crippen LogP contribution in [0.1, 0.15) is 73.8 Å². The smallest absolute Gasteiger partial charge is 0.259 e. The fourth-order valence-corrected chi connectivity index (χ4v) is 9.39. The fraction of sp³-hybridized carbons (Fsp3) is 0.340. The molecule has 14 nitrogen and oxygen atoms in total. The number of carbonyl (C=O) groups excluding carboxylic acids is 1. The molecule has 1 amide bonds. The second-order valence-corrected chi connectivity index (χ2v) is 16.7. The number of aromatic nitrogens is 4. The Morgan fingerprint density at radius 2 is 1.45 bits per heavy atom. The SMILES string of the molecule is COc1ccc(C(OC2C[C@H](n3cnc4c(NC(=O)c5ccccc5)ncnc43)O[C@@H]2COP(OCCC#N)N(C(C)C)C(C)C)(c2ccccc2)c2ccc(OC)cc2)cc1. The first-order chi connectivity index (χ1) is 30.2. The zero-order valence-corrected chi connectivity index (χ0v) is 36.6. The number of methoxy groups -OCH3 is 2. The summed E-state index contributed by atoms with van der Waals surface area (Å²) in [4.78, 5) is 26.9. The van der Waals surface area contributed by atoms with Crippen LogP contribution in [0.2, 0.25) is 0 Å². The molecule has 1 fully saturated rings. The van der Waals surface area contributed by atoms with E-state index in [-0.39, 0.29) is 43.4 Å². The zero-order valence-electron chi connectivity index (χ0n) is 35.8. The lowest BCUT2D eigenvalue weighted by Crippen LogP contribution is -2.41. The van der Waals surface area contributed by atoms with Crippen LogP contribution in [0, 0.1) is 11.3 Å². The third-order valence-corrected chi connectivity index (χ3v) is 12.7. The number of carbonyl (C=O) groups is 1. The van der Waals surface area contributed by atoms with E-state index in [1.165, 1.54) is 6.33 Å². The van der Waals surface area contributed by atoms with Crippen molar-refractivity contribution in [2.24, 2.45) is 0 Å². The number of benzene rings is 4. The highest BCUT2D eigenvalue weighted by Gasteiger charge is 2.47. The Balaban J connectivity index is 1.31. The average molecular weight is 858 g/mol. The topological polar surface area (TPSA) is 155 Å². The van der Waals surface area contributed by atoms with Gasteiger partial charge in [-0.2, -0.15) is 5.26 Å². The minimum Gasteiger partial charge on any atom is -0.497 e. The number of imidazole rings is 1.